The fourth-order valence-corrected chi connectivity index (χ4v) is 3.81. The molecule has 0 saturated carbocycles. The van der Waals surface area contributed by atoms with Crippen molar-refractivity contribution in [2.24, 2.45) is 0 Å². The summed E-state index contributed by atoms with van der Waals surface area (Å²) in [6.07, 6.45) is 2.20. The zero-order valence-electron chi connectivity index (χ0n) is 16.0. The van der Waals surface area contributed by atoms with E-state index in [1.54, 1.807) is 0 Å². The van der Waals surface area contributed by atoms with Crippen molar-refractivity contribution in [1.82, 2.24) is 14.9 Å². The number of hydrogen-bond donors (Lipinski definition) is 2. The van der Waals surface area contributed by atoms with Gasteiger partial charge in [-0.15, -0.1) is 11.3 Å². The molecular weight excluding hydrogens is 376 g/mol. The first-order chi connectivity index (χ1) is 13.4. The summed E-state index contributed by atoms with van der Waals surface area (Å²) in [4.78, 5) is 42.8. The van der Waals surface area contributed by atoms with Gasteiger partial charge >= 0.3 is 0 Å². The van der Waals surface area contributed by atoms with Gasteiger partial charge in [-0.05, 0) is 37.5 Å². The average Bonchev–Trinajstić information content (AvgIpc) is 3.10. The minimum Gasteiger partial charge on any atom is -0.345 e. The standard InChI is InChI=1S/C20H22N4O3S/c1-4-14-8-15-19(28-14)22-11-24(20(15)27)10-17(26)21-9-16(25)23-18-12(2)6-5-7-13(18)3/h5-8,11H,4,9-10H2,1-3H3,(H,21,26)(H,23,25). The van der Waals surface area contributed by atoms with Gasteiger partial charge in [-0.3, -0.25) is 19.0 Å². The van der Waals surface area contributed by atoms with E-state index in [1.165, 1.54) is 22.2 Å². The van der Waals surface area contributed by atoms with Crippen molar-refractivity contribution in [1.29, 1.82) is 0 Å². The van der Waals surface area contributed by atoms with Crippen molar-refractivity contribution in [3.63, 3.8) is 0 Å². The van der Waals surface area contributed by atoms with Gasteiger partial charge in [0.1, 0.15) is 11.4 Å². The maximum Gasteiger partial charge on any atom is 0.262 e. The number of para-hydroxylation sites is 1. The second kappa shape index (κ2) is 8.35. The number of nitrogens with one attached hydrogen (secondary N) is 2. The Bertz CT molecular complexity index is 1080. The van der Waals surface area contributed by atoms with Crippen LogP contribution in [-0.4, -0.2) is 27.9 Å². The van der Waals surface area contributed by atoms with Crippen LogP contribution in [0.3, 0.4) is 0 Å². The maximum atomic E-state index is 12.5. The third-order valence-electron chi connectivity index (χ3n) is 4.42. The van der Waals surface area contributed by atoms with E-state index in [4.69, 9.17) is 0 Å². The minimum absolute atomic E-state index is 0.171. The molecule has 7 nitrogen and oxygen atoms in total. The van der Waals surface area contributed by atoms with E-state index in [2.05, 4.69) is 15.6 Å². The number of benzene rings is 1. The number of aromatic nitrogens is 2. The summed E-state index contributed by atoms with van der Waals surface area (Å²) in [6.45, 7) is 5.47. The summed E-state index contributed by atoms with van der Waals surface area (Å²) in [6, 6.07) is 7.56. The van der Waals surface area contributed by atoms with Crippen LogP contribution in [-0.2, 0) is 22.6 Å². The van der Waals surface area contributed by atoms with Crippen molar-refractivity contribution in [3.8, 4) is 0 Å². The molecule has 2 N–H and O–H groups in total. The molecular formula is C20H22N4O3S. The third-order valence-corrected chi connectivity index (χ3v) is 5.61. The van der Waals surface area contributed by atoms with E-state index >= 15 is 0 Å². The molecule has 0 atom stereocenters. The van der Waals surface area contributed by atoms with Crippen molar-refractivity contribution < 1.29 is 9.59 Å². The topological polar surface area (TPSA) is 93.1 Å². The minimum atomic E-state index is -0.425. The largest absolute Gasteiger partial charge is 0.345 e. The Kier molecular flexibility index (Phi) is 5.89. The number of amides is 2. The molecule has 0 aliphatic heterocycles. The fraction of sp³-hybridized carbons (Fsp3) is 0.300. The molecule has 0 unspecified atom stereocenters. The van der Waals surface area contributed by atoms with Gasteiger partial charge in [-0.25, -0.2) is 4.98 Å². The average molecular weight is 398 g/mol. The lowest BCUT2D eigenvalue weighted by Gasteiger charge is -2.12. The second-order valence-electron chi connectivity index (χ2n) is 6.55. The zero-order valence-corrected chi connectivity index (χ0v) is 16.9. The molecule has 0 spiro atoms. The Morgan fingerprint density at radius 2 is 1.89 bits per heavy atom. The highest BCUT2D eigenvalue weighted by atomic mass is 32.1. The van der Waals surface area contributed by atoms with Gasteiger partial charge in [-0.2, -0.15) is 0 Å². The van der Waals surface area contributed by atoms with Gasteiger partial charge in [-0.1, -0.05) is 25.1 Å². The lowest BCUT2D eigenvalue weighted by Crippen LogP contribution is -2.37. The molecule has 0 saturated heterocycles. The highest BCUT2D eigenvalue weighted by molar-refractivity contribution is 7.18. The number of carbonyl (C=O) groups excluding carboxylic acids is 2. The fourth-order valence-electron chi connectivity index (χ4n) is 2.88. The number of anilines is 1. The van der Waals surface area contributed by atoms with E-state index in [1.807, 2.05) is 45.0 Å². The highest BCUT2D eigenvalue weighted by Crippen LogP contribution is 2.21. The molecule has 0 radical (unpaired) electrons. The summed E-state index contributed by atoms with van der Waals surface area (Å²) >= 11 is 1.48. The molecule has 28 heavy (non-hydrogen) atoms. The van der Waals surface area contributed by atoms with E-state index in [9.17, 15) is 14.4 Å². The number of fused-ring (bicyclic) bond motifs is 1. The summed E-state index contributed by atoms with van der Waals surface area (Å²) in [5.41, 5.74) is 2.40. The number of thiophene rings is 1. The van der Waals surface area contributed by atoms with E-state index in [-0.39, 0.29) is 24.6 Å². The van der Waals surface area contributed by atoms with Crippen molar-refractivity contribution in [2.75, 3.05) is 11.9 Å². The van der Waals surface area contributed by atoms with Crippen LogP contribution in [0.2, 0.25) is 0 Å². The van der Waals surface area contributed by atoms with Crippen LogP contribution in [0.1, 0.15) is 22.9 Å². The highest BCUT2D eigenvalue weighted by Gasteiger charge is 2.12. The number of rotatable bonds is 6. The molecule has 146 valence electrons. The van der Waals surface area contributed by atoms with Gasteiger partial charge < -0.3 is 10.6 Å². The van der Waals surface area contributed by atoms with Crippen molar-refractivity contribution in [2.45, 2.75) is 33.7 Å². The van der Waals surface area contributed by atoms with Gasteiger partial charge in [0, 0.05) is 10.6 Å². The van der Waals surface area contributed by atoms with Crippen LogP contribution in [0, 0.1) is 13.8 Å². The Balaban J connectivity index is 1.61. The van der Waals surface area contributed by atoms with Crippen LogP contribution in [0.15, 0.2) is 35.4 Å². The molecule has 2 aromatic heterocycles. The molecule has 1 aromatic carbocycles. The second-order valence-corrected chi connectivity index (χ2v) is 7.67. The molecule has 8 heteroatoms. The Labute approximate surface area is 166 Å². The quantitative estimate of drug-likeness (QED) is 0.667. The van der Waals surface area contributed by atoms with Crippen LogP contribution in [0.5, 0.6) is 0 Å². The van der Waals surface area contributed by atoms with E-state index < -0.39 is 5.91 Å². The molecule has 0 aliphatic carbocycles. The van der Waals surface area contributed by atoms with Gasteiger partial charge in [0.2, 0.25) is 11.8 Å². The molecule has 3 aromatic rings. The summed E-state index contributed by atoms with van der Waals surface area (Å²) in [5, 5.41) is 5.87. The lowest BCUT2D eigenvalue weighted by molar-refractivity contribution is -0.124. The smallest absolute Gasteiger partial charge is 0.262 e. The van der Waals surface area contributed by atoms with Crippen LogP contribution >= 0.6 is 11.3 Å². The maximum absolute atomic E-state index is 12.5. The summed E-state index contributed by atoms with van der Waals surface area (Å²) in [7, 11) is 0. The third kappa shape index (κ3) is 4.28. The predicted molar refractivity (Wildman–Crippen MR) is 111 cm³/mol. The van der Waals surface area contributed by atoms with Gasteiger partial charge in [0.15, 0.2) is 0 Å². The van der Waals surface area contributed by atoms with Gasteiger partial charge in [0.05, 0.1) is 18.3 Å². The van der Waals surface area contributed by atoms with Crippen LogP contribution in [0.4, 0.5) is 5.69 Å². The Hall–Kier alpha value is -3.00. The first-order valence-electron chi connectivity index (χ1n) is 8.99. The monoisotopic (exact) mass is 398 g/mol. The number of hydrogen-bond acceptors (Lipinski definition) is 5. The molecule has 0 aliphatic rings. The first-order valence-corrected chi connectivity index (χ1v) is 9.81. The molecule has 0 fully saturated rings. The lowest BCUT2D eigenvalue weighted by atomic mass is 10.1. The van der Waals surface area contributed by atoms with E-state index in [0.717, 1.165) is 28.1 Å². The van der Waals surface area contributed by atoms with Gasteiger partial charge in [0.25, 0.3) is 5.56 Å². The number of nitrogens with zero attached hydrogens (tertiary/aromatic N) is 2. The number of carbonyl (C=O) groups is 2. The molecule has 0 bridgehead atoms. The molecule has 3 rings (SSSR count). The first kappa shape index (κ1) is 19.8. The molecule has 2 heterocycles. The van der Waals surface area contributed by atoms with Crippen molar-refractivity contribution in [3.05, 3.63) is 57.0 Å². The van der Waals surface area contributed by atoms with Crippen molar-refractivity contribution >= 4 is 39.1 Å². The van der Waals surface area contributed by atoms with Crippen LogP contribution in [0.25, 0.3) is 10.2 Å². The SMILES string of the molecule is CCc1cc2c(=O)n(CC(=O)NCC(=O)Nc3c(C)cccc3C)cnc2s1. The molecule has 2 amide bonds. The predicted octanol–water partition coefficient (Wildman–Crippen LogP) is 2.39. The number of aryl methyl sites for hydroxylation is 3. The summed E-state index contributed by atoms with van der Waals surface area (Å²) in [5.74, 6) is -0.747. The zero-order chi connectivity index (χ0) is 20.3. The summed E-state index contributed by atoms with van der Waals surface area (Å²) < 4.78 is 1.26. The normalized spacial score (nSPS) is 10.8. The Morgan fingerprint density at radius 3 is 2.57 bits per heavy atom. The van der Waals surface area contributed by atoms with E-state index in [0.29, 0.717) is 10.2 Å². The van der Waals surface area contributed by atoms with Crippen LogP contribution < -0.4 is 16.2 Å². The Morgan fingerprint density at radius 1 is 1.18 bits per heavy atom.